The Labute approximate surface area is 108 Å². The largest absolute Gasteiger partial charge is 0.314 e. The van der Waals surface area contributed by atoms with E-state index < -0.39 is 0 Å². The molecule has 3 heteroatoms. The molecule has 0 radical (unpaired) electrons. The van der Waals surface area contributed by atoms with Gasteiger partial charge in [0.15, 0.2) is 0 Å². The van der Waals surface area contributed by atoms with E-state index in [-0.39, 0.29) is 0 Å². The van der Waals surface area contributed by atoms with Gasteiger partial charge in [-0.25, -0.2) is 0 Å². The van der Waals surface area contributed by atoms with Crippen LogP contribution in [0.25, 0.3) is 0 Å². The predicted molar refractivity (Wildman–Crippen MR) is 73.8 cm³/mol. The topological polar surface area (TPSA) is 15.3 Å². The molecule has 1 fully saturated rings. The summed E-state index contributed by atoms with van der Waals surface area (Å²) >= 11 is 2.02. The van der Waals surface area contributed by atoms with Crippen molar-refractivity contribution < 1.29 is 0 Å². The summed E-state index contributed by atoms with van der Waals surface area (Å²) < 4.78 is 0. The summed E-state index contributed by atoms with van der Waals surface area (Å²) in [6.45, 7) is 7.05. The lowest BCUT2D eigenvalue weighted by Crippen LogP contribution is -2.50. The standard InChI is InChI=1S/C14H20N2S/c1-11-8-15-6-7-16(11)9-12-10-17-14-5-3-2-4-13(12)14/h2-5,11-12,15H,6-10H2,1H3. The normalized spacial score (nSPS) is 29.2. The Morgan fingerprint density at radius 1 is 1.41 bits per heavy atom. The third-order valence-corrected chi connectivity index (χ3v) is 5.14. The van der Waals surface area contributed by atoms with Crippen LogP contribution in [0, 0.1) is 0 Å². The van der Waals surface area contributed by atoms with Crippen LogP contribution >= 0.6 is 11.8 Å². The van der Waals surface area contributed by atoms with Crippen molar-refractivity contribution in [1.82, 2.24) is 10.2 Å². The molecule has 0 amide bonds. The maximum atomic E-state index is 3.46. The van der Waals surface area contributed by atoms with Gasteiger partial charge in [-0.2, -0.15) is 0 Å². The van der Waals surface area contributed by atoms with Crippen LogP contribution < -0.4 is 5.32 Å². The van der Waals surface area contributed by atoms with Crippen molar-refractivity contribution in [2.45, 2.75) is 23.8 Å². The number of hydrogen-bond acceptors (Lipinski definition) is 3. The van der Waals surface area contributed by atoms with Gasteiger partial charge in [0, 0.05) is 48.8 Å². The van der Waals surface area contributed by atoms with E-state index in [0.717, 1.165) is 19.0 Å². The second-order valence-electron chi connectivity index (χ2n) is 5.09. The molecule has 1 aromatic carbocycles. The Balaban J connectivity index is 1.70. The van der Waals surface area contributed by atoms with E-state index in [2.05, 4.69) is 41.4 Å². The van der Waals surface area contributed by atoms with E-state index in [0.29, 0.717) is 6.04 Å². The molecule has 1 saturated heterocycles. The Morgan fingerprint density at radius 3 is 3.18 bits per heavy atom. The minimum atomic E-state index is 0.682. The molecule has 1 N–H and O–H groups in total. The lowest BCUT2D eigenvalue weighted by atomic mass is 10.00. The summed E-state index contributed by atoms with van der Waals surface area (Å²) in [6, 6.07) is 9.59. The SMILES string of the molecule is CC1CNCCN1CC1CSc2ccccc21. The number of nitrogens with zero attached hydrogens (tertiary/aromatic N) is 1. The van der Waals surface area contributed by atoms with Crippen molar-refractivity contribution >= 4 is 11.8 Å². The molecule has 0 spiro atoms. The average molecular weight is 248 g/mol. The second kappa shape index (κ2) is 5.01. The first-order chi connectivity index (χ1) is 8.34. The summed E-state index contributed by atoms with van der Waals surface area (Å²) in [5, 5.41) is 3.46. The highest BCUT2D eigenvalue weighted by molar-refractivity contribution is 7.99. The molecule has 92 valence electrons. The van der Waals surface area contributed by atoms with Crippen molar-refractivity contribution in [2.24, 2.45) is 0 Å². The number of rotatable bonds is 2. The molecule has 2 unspecified atom stereocenters. The molecular weight excluding hydrogens is 228 g/mol. The first-order valence-electron chi connectivity index (χ1n) is 6.51. The summed E-state index contributed by atoms with van der Waals surface area (Å²) in [7, 11) is 0. The van der Waals surface area contributed by atoms with Gasteiger partial charge in [0.1, 0.15) is 0 Å². The molecule has 0 saturated carbocycles. The van der Waals surface area contributed by atoms with E-state index in [4.69, 9.17) is 0 Å². The predicted octanol–water partition coefficient (Wildman–Crippen LogP) is 2.17. The van der Waals surface area contributed by atoms with E-state index in [9.17, 15) is 0 Å². The van der Waals surface area contributed by atoms with Crippen molar-refractivity contribution in [3.63, 3.8) is 0 Å². The molecule has 2 nitrogen and oxygen atoms in total. The molecule has 2 atom stereocenters. The zero-order chi connectivity index (χ0) is 11.7. The molecule has 2 aliphatic heterocycles. The zero-order valence-electron chi connectivity index (χ0n) is 10.4. The van der Waals surface area contributed by atoms with Gasteiger partial charge in [0.2, 0.25) is 0 Å². The van der Waals surface area contributed by atoms with Crippen molar-refractivity contribution in [3.05, 3.63) is 29.8 Å². The maximum Gasteiger partial charge on any atom is 0.0193 e. The van der Waals surface area contributed by atoms with Gasteiger partial charge in [-0.05, 0) is 18.6 Å². The van der Waals surface area contributed by atoms with Crippen LogP contribution in [0.3, 0.4) is 0 Å². The molecule has 2 aliphatic rings. The number of hydrogen-bond donors (Lipinski definition) is 1. The second-order valence-corrected chi connectivity index (χ2v) is 6.16. The molecular formula is C14H20N2S. The number of piperazine rings is 1. The van der Waals surface area contributed by atoms with Crippen molar-refractivity contribution in [1.29, 1.82) is 0 Å². The van der Waals surface area contributed by atoms with Gasteiger partial charge in [-0.1, -0.05) is 18.2 Å². The Kier molecular flexibility index (Phi) is 3.41. The quantitative estimate of drug-likeness (QED) is 0.863. The summed E-state index contributed by atoms with van der Waals surface area (Å²) in [6.07, 6.45) is 0. The van der Waals surface area contributed by atoms with Gasteiger partial charge in [-0.3, -0.25) is 4.90 Å². The van der Waals surface area contributed by atoms with Gasteiger partial charge >= 0.3 is 0 Å². The molecule has 1 aromatic rings. The van der Waals surface area contributed by atoms with Gasteiger partial charge in [0.05, 0.1) is 0 Å². The fourth-order valence-electron chi connectivity index (χ4n) is 2.82. The number of thioether (sulfide) groups is 1. The fraction of sp³-hybridized carbons (Fsp3) is 0.571. The molecule has 17 heavy (non-hydrogen) atoms. The third kappa shape index (κ3) is 2.37. The highest BCUT2D eigenvalue weighted by Crippen LogP contribution is 2.39. The van der Waals surface area contributed by atoms with E-state index in [1.807, 2.05) is 11.8 Å². The van der Waals surface area contributed by atoms with Crippen LogP contribution in [-0.4, -0.2) is 42.9 Å². The van der Waals surface area contributed by atoms with E-state index >= 15 is 0 Å². The minimum absolute atomic E-state index is 0.682. The maximum absolute atomic E-state index is 3.46. The summed E-state index contributed by atoms with van der Waals surface area (Å²) in [5.41, 5.74) is 1.57. The molecule has 0 bridgehead atoms. The molecule has 3 rings (SSSR count). The van der Waals surface area contributed by atoms with Crippen LogP contribution in [0.15, 0.2) is 29.2 Å². The lowest BCUT2D eigenvalue weighted by molar-refractivity contribution is 0.167. The van der Waals surface area contributed by atoms with E-state index in [1.165, 1.54) is 23.7 Å². The van der Waals surface area contributed by atoms with Crippen LogP contribution in [0.1, 0.15) is 18.4 Å². The smallest absolute Gasteiger partial charge is 0.0193 e. The number of fused-ring (bicyclic) bond motifs is 1. The monoisotopic (exact) mass is 248 g/mol. The van der Waals surface area contributed by atoms with Gasteiger partial charge in [0.25, 0.3) is 0 Å². The van der Waals surface area contributed by atoms with Gasteiger partial charge < -0.3 is 5.32 Å². The Bertz CT molecular complexity index is 394. The number of benzene rings is 1. The zero-order valence-corrected chi connectivity index (χ0v) is 11.2. The molecule has 0 aromatic heterocycles. The molecule has 0 aliphatic carbocycles. The van der Waals surface area contributed by atoms with Crippen LogP contribution in [0.5, 0.6) is 0 Å². The van der Waals surface area contributed by atoms with Crippen LogP contribution in [0.2, 0.25) is 0 Å². The van der Waals surface area contributed by atoms with Crippen molar-refractivity contribution in [3.8, 4) is 0 Å². The highest BCUT2D eigenvalue weighted by Gasteiger charge is 2.27. The van der Waals surface area contributed by atoms with Gasteiger partial charge in [-0.15, -0.1) is 11.8 Å². The average Bonchev–Trinajstić information content (AvgIpc) is 2.76. The summed E-state index contributed by atoms with van der Waals surface area (Å²) in [4.78, 5) is 4.14. The molecule has 2 heterocycles. The number of nitrogens with one attached hydrogen (secondary N) is 1. The lowest BCUT2D eigenvalue weighted by Gasteiger charge is -2.35. The van der Waals surface area contributed by atoms with E-state index in [1.54, 1.807) is 5.56 Å². The highest BCUT2D eigenvalue weighted by atomic mass is 32.2. The minimum Gasteiger partial charge on any atom is -0.314 e. The first kappa shape index (κ1) is 11.6. The van der Waals surface area contributed by atoms with Crippen LogP contribution in [-0.2, 0) is 0 Å². The fourth-order valence-corrected chi connectivity index (χ4v) is 4.06. The van der Waals surface area contributed by atoms with Crippen LogP contribution in [0.4, 0.5) is 0 Å². The first-order valence-corrected chi connectivity index (χ1v) is 7.49. The Morgan fingerprint density at radius 2 is 2.29 bits per heavy atom. The van der Waals surface area contributed by atoms with Crippen molar-refractivity contribution in [2.75, 3.05) is 31.9 Å². The Hall–Kier alpha value is -0.510. The summed E-state index contributed by atoms with van der Waals surface area (Å²) in [5.74, 6) is 1.99. The third-order valence-electron chi connectivity index (χ3n) is 3.89.